The van der Waals surface area contributed by atoms with Crippen molar-refractivity contribution >= 4 is 46.4 Å². The highest BCUT2D eigenvalue weighted by molar-refractivity contribution is 6.30. The van der Waals surface area contributed by atoms with Gasteiger partial charge in [0.1, 0.15) is 0 Å². The molecular formula is C31H33ClN4O3. The number of amides is 3. The maximum atomic E-state index is 13.9. The van der Waals surface area contributed by atoms with Gasteiger partial charge in [0.15, 0.2) is 0 Å². The Kier molecular flexibility index (Phi) is 7.62. The lowest BCUT2D eigenvalue weighted by molar-refractivity contribution is -0.122. The van der Waals surface area contributed by atoms with E-state index in [0.717, 1.165) is 48.6 Å². The number of halogens is 1. The summed E-state index contributed by atoms with van der Waals surface area (Å²) in [7, 11) is 0. The molecule has 2 atom stereocenters. The van der Waals surface area contributed by atoms with Crippen molar-refractivity contribution in [2.24, 2.45) is 11.7 Å². The number of primary amides is 1. The van der Waals surface area contributed by atoms with Crippen LogP contribution >= 0.6 is 11.6 Å². The van der Waals surface area contributed by atoms with Crippen LogP contribution in [0.4, 0.5) is 17.1 Å². The number of carbonyl (C=O) groups is 3. The second kappa shape index (κ2) is 11.1. The van der Waals surface area contributed by atoms with Crippen molar-refractivity contribution in [2.75, 3.05) is 27.8 Å². The fourth-order valence-corrected chi connectivity index (χ4v) is 6.02. The Morgan fingerprint density at radius 1 is 0.923 bits per heavy atom. The Bertz CT molecular complexity index is 1370. The third-order valence-corrected chi connectivity index (χ3v) is 8.16. The van der Waals surface area contributed by atoms with Gasteiger partial charge in [0.25, 0.3) is 5.91 Å². The van der Waals surface area contributed by atoms with Gasteiger partial charge in [-0.1, -0.05) is 29.8 Å². The molecule has 5 rings (SSSR count). The largest absolute Gasteiger partial charge is 0.371 e. The third kappa shape index (κ3) is 5.36. The summed E-state index contributed by atoms with van der Waals surface area (Å²) in [5, 5.41) is 0.609. The number of anilines is 3. The maximum absolute atomic E-state index is 13.9. The van der Waals surface area contributed by atoms with E-state index in [1.165, 1.54) is 0 Å². The van der Waals surface area contributed by atoms with Crippen LogP contribution < -0.4 is 20.4 Å². The highest BCUT2D eigenvalue weighted by Gasteiger charge is 2.38. The first kappa shape index (κ1) is 26.8. The zero-order valence-corrected chi connectivity index (χ0v) is 23.0. The van der Waals surface area contributed by atoms with Crippen molar-refractivity contribution in [1.82, 2.24) is 0 Å². The first-order chi connectivity index (χ1) is 18.7. The van der Waals surface area contributed by atoms with Crippen molar-refractivity contribution in [2.45, 2.75) is 45.2 Å². The molecule has 1 fully saturated rings. The average Bonchev–Trinajstić information content (AvgIpc) is 2.94. The number of hydrogen-bond donors (Lipinski definition) is 1. The van der Waals surface area contributed by atoms with Crippen LogP contribution in [-0.2, 0) is 9.59 Å². The number of fused-ring (bicyclic) bond motifs is 1. The van der Waals surface area contributed by atoms with E-state index < -0.39 is 0 Å². The molecular weight excluding hydrogens is 512 g/mol. The molecule has 3 aromatic rings. The number of piperidine rings is 1. The summed E-state index contributed by atoms with van der Waals surface area (Å²) in [5.41, 5.74) is 9.62. The smallest absolute Gasteiger partial charge is 0.258 e. The zero-order valence-electron chi connectivity index (χ0n) is 22.2. The minimum absolute atomic E-state index is 0.0646. The lowest BCUT2D eigenvalue weighted by Gasteiger charge is -2.43. The Morgan fingerprint density at radius 3 is 2.18 bits per heavy atom. The molecule has 1 unspecified atom stereocenters. The van der Waals surface area contributed by atoms with Gasteiger partial charge >= 0.3 is 0 Å². The van der Waals surface area contributed by atoms with E-state index in [4.69, 9.17) is 17.3 Å². The lowest BCUT2D eigenvalue weighted by atomic mass is 9.89. The molecule has 2 N–H and O–H groups in total. The Hall–Kier alpha value is -3.84. The van der Waals surface area contributed by atoms with Gasteiger partial charge in [-0.3, -0.25) is 14.4 Å². The van der Waals surface area contributed by atoms with Crippen molar-refractivity contribution in [3.05, 3.63) is 88.9 Å². The summed E-state index contributed by atoms with van der Waals surface area (Å²) in [6.07, 6.45) is 2.08. The van der Waals surface area contributed by atoms with Crippen LogP contribution in [0.15, 0.2) is 72.8 Å². The molecule has 3 aromatic carbocycles. The minimum atomic E-state index is -0.228. The molecule has 0 aliphatic carbocycles. The second-order valence-corrected chi connectivity index (χ2v) is 10.8. The summed E-state index contributed by atoms with van der Waals surface area (Å²) >= 11 is 6.10. The van der Waals surface area contributed by atoms with Crippen molar-refractivity contribution in [1.29, 1.82) is 0 Å². The van der Waals surface area contributed by atoms with Gasteiger partial charge in [-0.25, -0.2) is 0 Å². The van der Waals surface area contributed by atoms with Crippen LogP contribution in [0.2, 0.25) is 5.02 Å². The second-order valence-electron chi connectivity index (χ2n) is 10.4. The number of hydrogen-bond acceptors (Lipinski definition) is 4. The standard InChI is InChI=1S/C31H33ClN4O3/c1-20-19-29(36(21(2)37)26-13-9-24(32)10-14-26)27-5-3-4-6-28(27)35(20)31(39)23-7-11-25(12-8-23)34-17-15-22(16-18-34)30(33)38/h3-14,20,22,29H,15-19H2,1-2H3,(H2,33,38)/t20-,29?/m0/s1. The molecule has 7 nitrogen and oxygen atoms in total. The molecule has 3 amide bonds. The van der Waals surface area contributed by atoms with E-state index in [-0.39, 0.29) is 35.7 Å². The van der Waals surface area contributed by atoms with E-state index in [1.807, 2.05) is 72.5 Å². The number of benzene rings is 3. The maximum Gasteiger partial charge on any atom is 0.258 e. The van der Waals surface area contributed by atoms with Gasteiger partial charge in [0.2, 0.25) is 11.8 Å². The first-order valence-corrected chi connectivity index (χ1v) is 13.7. The van der Waals surface area contributed by atoms with E-state index >= 15 is 0 Å². The molecule has 0 bridgehead atoms. The Balaban J connectivity index is 1.40. The van der Waals surface area contributed by atoms with Crippen LogP contribution in [0.3, 0.4) is 0 Å². The number of nitrogens with two attached hydrogens (primary N) is 1. The molecule has 1 saturated heterocycles. The predicted molar refractivity (Wildman–Crippen MR) is 155 cm³/mol. The molecule has 0 saturated carbocycles. The quantitative estimate of drug-likeness (QED) is 0.454. The third-order valence-electron chi connectivity index (χ3n) is 7.91. The number of rotatable bonds is 5. The van der Waals surface area contributed by atoms with Gasteiger partial charge in [-0.2, -0.15) is 0 Å². The van der Waals surface area contributed by atoms with Crippen LogP contribution in [0.1, 0.15) is 55.1 Å². The highest BCUT2D eigenvalue weighted by Crippen LogP contribution is 2.43. The molecule has 8 heteroatoms. The molecule has 2 aliphatic rings. The lowest BCUT2D eigenvalue weighted by Crippen LogP contribution is -2.47. The highest BCUT2D eigenvalue weighted by atomic mass is 35.5. The molecule has 2 aliphatic heterocycles. The average molecular weight is 545 g/mol. The Labute approximate surface area is 234 Å². The molecule has 2 heterocycles. The minimum Gasteiger partial charge on any atom is -0.371 e. The van der Waals surface area contributed by atoms with Gasteiger partial charge in [0.05, 0.1) is 6.04 Å². The molecule has 0 radical (unpaired) electrons. The number of para-hydroxylation sites is 1. The van der Waals surface area contributed by atoms with Gasteiger partial charge in [-0.15, -0.1) is 0 Å². The van der Waals surface area contributed by atoms with Gasteiger partial charge in [0, 0.05) is 59.6 Å². The Morgan fingerprint density at radius 2 is 1.56 bits per heavy atom. The molecule has 39 heavy (non-hydrogen) atoms. The fraction of sp³-hybridized carbons (Fsp3) is 0.323. The summed E-state index contributed by atoms with van der Waals surface area (Å²) in [5.74, 6) is -0.439. The van der Waals surface area contributed by atoms with Gasteiger partial charge in [-0.05, 0) is 86.3 Å². The van der Waals surface area contributed by atoms with Crippen molar-refractivity contribution in [3.8, 4) is 0 Å². The van der Waals surface area contributed by atoms with Crippen LogP contribution in [0, 0.1) is 5.92 Å². The van der Waals surface area contributed by atoms with Crippen LogP contribution in [0.25, 0.3) is 0 Å². The first-order valence-electron chi connectivity index (χ1n) is 13.4. The van der Waals surface area contributed by atoms with Crippen LogP contribution in [0.5, 0.6) is 0 Å². The summed E-state index contributed by atoms with van der Waals surface area (Å²) in [6.45, 7) is 5.12. The summed E-state index contributed by atoms with van der Waals surface area (Å²) in [6, 6.07) is 22.4. The SMILES string of the molecule is CC(=O)N(c1ccc(Cl)cc1)C1C[C@H](C)N(C(=O)c2ccc(N3CCC(C(N)=O)CC3)cc2)c2ccccc21. The van der Waals surface area contributed by atoms with Crippen molar-refractivity contribution < 1.29 is 14.4 Å². The van der Waals surface area contributed by atoms with Gasteiger partial charge < -0.3 is 20.4 Å². The zero-order chi connectivity index (χ0) is 27.7. The van der Waals surface area contributed by atoms with E-state index in [2.05, 4.69) is 4.90 Å². The molecule has 0 spiro atoms. The van der Waals surface area contributed by atoms with Crippen molar-refractivity contribution in [3.63, 3.8) is 0 Å². The topological polar surface area (TPSA) is 87.0 Å². The summed E-state index contributed by atoms with van der Waals surface area (Å²) < 4.78 is 0. The molecule has 0 aromatic heterocycles. The number of nitrogens with zero attached hydrogens (tertiary/aromatic N) is 3. The monoisotopic (exact) mass is 544 g/mol. The molecule has 202 valence electrons. The predicted octanol–water partition coefficient (Wildman–Crippen LogP) is 5.57. The summed E-state index contributed by atoms with van der Waals surface area (Å²) in [4.78, 5) is 44.1. The number of carbonyl (C=O) groups excluding carboxylic acids is 3. The fourth-order valence-electron chi connectivity index (χ4n) is 5.89. The van der Waals surface area contributed by atoms with E-state index in [0.29, 0.717) is 17.0 Å². The van der Waals surface area contributed by atoms with E-state index in [9.17, 15) is 14.4 Å². The normalized spacial score (nSPS) is 19.4. The van der Waals surface area contributed by atoms with E-state index in [1.54, 1.807) is 24.0 Å². The van der Waals surface area contributed by atoms with Crippen LogP contribution in [-0.4, -0.2) is 36.9 Å².